The third-order valence-corrected chi connectivity index (χ3v) is 10.2. The molecule has 1 saturated carbocycles. The Morgan fingerprint density at radius 1 is 0.857 bits per heavy atom. The third kappa shape index (κ3) is 4.35. The quantitative estimate of drug-likeness (QED) is 0.205. The number of rotatable bonds is 6. The molecule has 4 unspecified atom stereocenters. The molecule has 5 aromatic rings. The Bertz CT molecular complexity index is 2270. The number of aromatic hydroxyl groups is 1. The second kappa shape index (κ2) is 11.3. The van der Waals surface area contributed by atoms with Gasteiger partial charge in [-0.3, -0.25) is 15.0 Å². The zero-order valence-electron chi connectivity index (χ0n) is 26.8. The van der Waals surface area contributed by atoms with Gasteiger partial charge in [0.05, 0.1) is 42.4 Å². The maximum atomic E-state index is 15.2. The van der Waals surface area contributed by atoms with Gasteiger partial charge in [0.15, 0.2) is 0 Å². The molecule has 11 nitrogen and oxygen atoms in total. The van der Waals surface area contributed by atoms with E-state index in [0.29, 0.717) is 33.8 Å². The number of allylic oxidation sites excluding steroid dienone is 2. The molecule has 2 N–H and O–H groups in total. The zero-order valence-corrected chi connectivity index (χ0v) is 26.8. The first-order chi connectivity index (χ1) is 23.7. The molecule has 1 saturated heterocycles. The van der Waals surface area contributed by atoms with E-state index in [-0.39, 0.29) is 18.7 Å². The first-order valence-corrected chi connectivity index (χ1v) is 16.1. The van der Waals surface area contributed by atoms with Crippen LogP contribution < -0.4 is 21.5 Å². The minimum Gasteiger partial charge on any atom is -0.508 e. The third-order valence-electron chi connectivity index (χ3n) is 10.2. The summed E-state index contributed by atoms with van der Waals surface area (Å²) in [6.07, 6.45) is 1.92. The molecule has 3 heterocycles. The highest BCUT2D eigenvalue weighted by Gasteiger charge is 2.69. The molecule has 1 aliphatic carbocycles. The lowest BCUT2D eigenvalue weighted by Crippen LogP contribution is -2.53. The van der Waals surface area contributed by atoms with E-state index in [1.54, 1.807) is 54.6 Å². The summed E-state index contributed by atoms with van der Waals surface area (Å²) >= 11 is 0. The summed E-state index contributed by atoms with van der Waals surface area (Å²) in [5, 5.41) is 12.7. The number of nitrogens with one attached hydrogen (secondary N) is 1. The van der Waals surface area contributed by atoms with Crippen molar-refractivity contribution in [1.82, 2.24) is 18.9 Å². The number of methoxy groups -OCH3 is 1. The lowest BCUT2D eigenvalue weighted by Gasteiger charge is -2.49. The largest absolute Gasteiger partial charge is 0.508 e. The highest BCUT2D eigenvalue weighted by molar-refractivity contribution is 6.12. The maximum absolute atomic E-state index is 15.2. The summed E-state index contributed by atoms with van der Waals surface area (Å²) in [5.41, 5.74) is 4.15. The fraction of sp³-hybridized carbons (Fsp3) is 0.211. The molecule has 4 aromatic carbocycles. The topological polar surface area (TPSA) is 128 Å². The van der Waals surface area contributed by atoms with Gasteiger partial charge < -0.3 is 9.84 Å². The van der Waals surface area contributed by atoms with Crippen LogP contribution in [0.3, 0.4) is 0 Å². The number of benzene rings is 4. The van der Waals surface area contributed by atoms with Gasteiger partial charge in [-0.25, -0.2) is 23.5 Å². The van der Waals surface area contributed by atoms with Gasteiger partial charge in [-0.2, -0.15) is 5.01 Å². The van der Waals surface area contributed by atoms with Crippen LogP contribution in [-0.2, 0) is 21.5 Å². The van der Waals surface area contributed by atoms with Crippen LogP contribution in [0.15, 0.2) is 124 Å². The normalized spacial score (nSPS) is 22.6. The van der Waals surface area contributed by atoms with E-state index in [1.165, 1.54) is 22.5 Å². The Morgan fingerprint density at radius 3 is 2.22 bits per heavy atom. The van der Waals surface area contributed by atoms with E-state index in [0.717, 1.165) is 15.1 Å². The Labute approximate surface area is 280 Å². The second-order valence-electron chi connectivity index (χ2n) is 12.7. The van der Waals surface area contributed by atoms with Crippen LogP contribution >= 0.6 is 0 Å². The molecular formula is C38H33N5O6. The summed E-state index contributed by atoms with van der Waals surface area (Å²) in [5.74, 6) is -2.54. The SMILES string of the molecule is COc1ccc(C2C3=CCn4c(=O)n(-c5ccccc5)c(=O)n4C3CC3C(=O)N(Nc4ccc(C)cc4)C(=O)C32c2ccccc2)c(O)c1. The molecule has 0 radical (unpaired) electrons. The fourth-order valence-corrected chi connectivity index (χ4v) is 8.05. The fourth-order valence-electron chi connectivity index (χ4n) is 8.05. The number of hydrogen-bond acceptors (Lipinski definition) is 7. The first-order valence-electron chi connectivity index (χ1n) is 16.1. The van der Waals surface area contributed by atoms with E-state index in [2.05, 4.69) is 5.43 Å². The number of phenols is 1. The number of aryl methyl sites for hydroxylation is 1. The Kier molecular flexibility index (Phi) is 6.95. The smallest absolute Gasteiger partial charge is 0.352 e. The zero-order chi connectivity index (χ0) is 34.0. The number of imide groups is 1. The average Bonchev–Trinajstić information content (AvgIpc) is 3.50. The van der Waals surface area contributed by atoms with Gasteiger partial charge in [-0.15, -0.1) is 0 Å². The van der Waals surface area contributed by atoms with Crippen LogP contribution in [-0.4, -0.2) is 43.0 Å². The van der Waals surface area contributed by atoms with Crippen molar-refractivity contribution in [2.24, 2.45) is 5.92 Å². The monoisotopic (exact) mass is 655 g/mol. The number of phenolic OH excluding ortho intramolecular Hbond substituents is 1. The van der Waals surface area contributed by atoms with Gasteiger partial charge in [0.25, 0.3) is 11.8 Å². The predicted molar refractivity (Wildman–Crippen MR) is 182 cm³/mol. The van der Waals surface area contributed by atoms with Crippen LogP contribution in [0.5, 0.6) is 11.5 Å². The number of ether oxygens (including phenoxy) is 1. The van der Waals surface area contributed by atoms with E-state index in [9.17, 15) is 19.5 Å². The number of para-hydroxylation sites is 1. The summed E-state index contributed by atoms with van der Waals surface area (Å²) in [7, 11) is 1.49. The number of amides is 2. The molecule has 49 heavy (non-hydrogen) atoms. The van der Waals surface area contributed by atoms with Gasteiger partial charge >= 0.3 is 11.4 Å². The van der Waals surface area contributed by atoms with Crippen LogP contribution in [0, 0.1) is 12.8 Å². The first kappa shape index (κ1) is 30.2. The molecule has 11 heteroatoms. The van der Waals surface area contributed by atoms with Crippen molar-refractivity contribution < 1.29 is 19.4 Å². The number of hydrazine groups is 1. The van der Waals surface area contributed by atoms with Gasteiger partial charge in [0, 0.05) is 17.5 Å². The van der Waals surface area contributed by atoms with Crippen LogP contribution in [0.4, 0.5) is 5.69 Å². The van der Waals surface area contributed by atoms with E-state index in [1.807, 2.05) is 55.5 Å². The Hall–Kier alpha value is -6.10. The molecule has 246 valence electrons. The summed E-state index contributed by atoms with van der Waals surface area (Å²) in [6.45, 7) is 2.00. The number of hydrogen-bond donors (Lipinski definition) is 2. The van der Waals surface area contributed by atoms with Crippen molar-refractivity contribution in [1.29, 1.82) is 0 Å². The highest BCUT2D eigenvalue weighted by Crippen LogP contribution is 2.62. The van der Waals surface area contributed by atoms with Crippen molar-refractivity contribution >= 4 is 17.5 Å². The molecule has 1 aromatic heterocycles. The lowest BCUT2D eigenvalue weighted by molar-refractivity contribution is -0.138. The number of anilines is 1. The van der Waals surface area contributed by atoms with Gasteiger partial charge in [0.2, 0.25) is 0 Å². The molecule has 0 spiro atoms. The minimum atomic E-state index is -1.52. The summed E-state index contributed by atoms with van der Waals surface area (Å²) < 4.78 is 9.32. The number of nitrogens with zero attached hydrogens (tertiary/aromatic N) is 4. The highest BCUT2D eigenvalue weighted by atomic mass is 16.5. The summed E-state index contributed by atoms with van der Waals surface area (Å²) in [6, 6.07) is 29.3. The van der Waals surface area contributed by atoms with Crippen LogP contribution in [0.1, 0.15) is 35.1 Å². The maximum Gasteiger partial charge on any atom is 0.352 e. The number of aromatic nitrogens is 3. The molecule has 3 aliphatic rings. The van der Waals surface area contributed by atoms with Crippen molar-refractivity contribution in [3.63, 3.8) is 0 Å². The van der Waals surface area contributed by atoms with E-state index in [4.69, 9.17) is 4.74 Å². The molecule has 4 atom stereocenters. The molecule has 8 rings (SSSR count). The van der Waals surface area contributed by atoms with E-state index < -0.39 is 46.5 Å². The van der Waals surface area contributed by atoms with Gasteiger partial charge in [0.1, 0.15) is 11.5 Å². The summed E-state index contributed by atoms with van der Waals surface area (Å²) in [4.78, 5) is 57.9. The predicted octanol–water partition coefficient (Wildman–Crippen LogP) is 4.44. The Morgan fingerprint density at radius 2 is 1.55 bits per heavy atom. The minimum absolute atomic E-state index is 0.0517. The number of carbonyl (C=O) groups is 2. The molecule has 2 fully saturated rings. The lowest BCUT2D eigenvalue weighted by atomic mass is 9.53. The molecule has 2 aliphatic heterocycles. The van der Waals surface area contributed by atoms with Crippen LogP contribution in [0.2, 0.25) is 0 Å². The molecular weight excluding hydrogens is 622 g/mol. The average molecular weight is 656 g/mol. The Balaban J connectivity index is 1.38. The van der Waals surface area contributed by atoms with Crippen molar-refractivity contribution in [2.75, 3.05) is 12.5 Å². The van der Waals surface area contributed by atoms with Crippen molar-refractivity contribution in [3.05, 3.63) is 152 Å². The van der Waals surface area contributed by atoms with Gasteiger partial charge in [-0.1, -0.05) is 78.4 Å². The van der Waals surface area contributed by atoms with Gasteiger partial charge in [-0.05, 0) is 54.8 Å². The molecule has 0 bridgehead atoms. The second-order valence-corrected chi connectivity index (χ2v) is 12.7. The van der Waals surface area contributed by atoms with Crippen molar-refractivity contribution in [2.45, 2.75) is 37.3 Å². The number of carbonyl (C=O) groups excluding carboxylic acids is 2. The standard InChI is InChI=1S/C38H33N5O6/c1-23-13-15-25(16-14-23)39-42-34(45)30-22-31-28(19-20-40-36(47)41(37(48)43(31)40)26-11-7-4-8-12-26)33(29-18-17-27(49-2)21-32(29)44)38(30,35(42)46)24-9-5-3-6-10-24/h3-19,21,30-31,33,39,44H,20,22H2,1-2H3. The van der Waals surface area contributed by atoms with Crippen molar-refractivity contribution in [3.8, 4) is 17.2 Å². The molecule has 2 amide bonds. The van der Waals surface area contributed by atoms with Crippen LogP contribution in [0.25, 0.3) is 5.69 Å². The number of fused-ring (bicyclic) bond motifs is 4. The van der Waals surface area contributed by atoms with E-state index >= 15 is 4.79 Å².